The van der Waals surface area contributed by atoms with Gasteiger partial charge in [0.2, 0.25) is 0 Å². The molecule has 11 nitrogen and oxygen atoms in total. The molecule has 1 atom stereocenters. The monoisotopic (exact) mass is 668 g/mol. The smallest absolute Gasteiger partial charge is 0.407 e. The number of aromatic nitrogens is 3. The van der Waals surface area contributed by atoms with Crippen molar-refractivity contribution in [3.63, 3.8) is 0 Å². The first-order chi connectivity index (χ1) is 23.4. The van der Waals surface area contributed by atoms with E-state index in [-0.39, 0.29) is 18.1 Å². The molecule has 2 N–H and O–H groups in total. The molecule has 0 unspecified atom stereocenters. The van der Waals surface area contributed by atoms with Crippen LogP contribution in [0.1, 0.15) is 69.2 Å². The standard InChI is InChI=1S/C38H48N6O5/c1-26(2)47-16-17-48-34-11-9-29(10-12-34)30-13-14-39-35(20-30)36(45)41-32-18-28(19-33(21-32)44-22-27(3)40-25-44)23-43-15-7-8-31(24-43)42-37(46)49-38(4,5)6/h9-14,18-22,25-26,31H,7-8,15-17,23-24H2,1-6H3,(H,41,45)(H,42,46)/t31-/m0/s1. The van der Waals surface area contributed by atoms with E-state index in [0.717, 1.165) is 53.2 Å². The van der Waals surface area contributed by atoms with Crippen LogP contribution in [0.2, 0.25) is 0 Å². The lowest BCUT2D eigenvalue weighted by molar-refractivity contribution is 0.0470. The zero-order valence-corrected chi connectivity index (χ0v) is 29.4. The molecule has 0 radical (unpaired) electrons. The topological polar surface area (TPSA) is 120 Å². The molecule has 49 heavy (non-hydrogen) atoms. The van der Waals surface area contributed by atoms with Gasteiger partial charge in [0.25, 0.3) is 5.91 Å². The Balaban J connectivity index is 1.28. The predicted octanol–water partition coefficient (Wildman–Crippen LogP) is 6.79. The second kappa shape index (κ2) is 16.1. The number of pyridine rings is 1. The van der Waals surface area contributed by atoms with Gasteiger partial charge >= 0.3 is 6.09 Å². The van der Waals surface area contributed by atoms with Crippen molar-refractivity contribution in [2.75, 3.05) is 31.6 Å². The molecular weight excluding hydrogens is 620 g/mol. The summed E-state index contributed by atoms with van der Waals surface area (Å²) < 4.78 is 18.7. The molecular formula is C38H48N6O5. The number of alkyl carbamates (subject to hydrolysis) is 1. The molecule has 260 valence electrons. The van der Waals surface area contributed by atoms with Crippen LogP contribution in [0.3, 0.4) is 0 Å². The maximum absolute atomic E-state index is 13.6. The lowest BCUT2D eigenvalue weighted by Gasteiger charge is -2.33. The lowest BCUT2D eigenvalue weighted by Crippen LogP contribution is -2.48. The maximum atomic E-state index is 13.6. The van der Waals surface area contributed by atoms with Crippen LogP contribution in [0.5, 0.6) is 5.75 Å². The molecule has 4 aromatic rings. The summed E-state index contributed by atoms with van der Waals surface area (Å²) in [6, 6.07) is 17.4. The Morgan fingerprint density at radius 1 is 1.00 bits per heavy atom. The number of aryl methyl sites for hydroxylation is 1. The fraction of sp³-hybridized carbons (Fsp3) is 0.421. The summed E-state index contributed by atoms with van der Waals surface area (Å²) in [5.74, 6) is 0.447. The maximum Gasteiger partial charge on any atom is 0.407 e. The zero-order chi connectivity index (χ0) is 35.0. The Bertz CT molecular complexity index is 1710. The third-order valence-electron chi connectivity index (χ3n) is 7.86. The van der Waals surface area contributed by atoms with Crippen molar-refractivity contribution in [2.24, 2.45) is 0 Å². The van der Waals surface area contributed by atoms with Gasteiger partial charge in [0.05, 0.1) is 24.7 Å². The number of imidazole rings is 1. The van der Waals surface area contributed by atoms with Gasteiger partial charge in [-0.3, -0.25) is 14.7 Å². The normalized spacial score (nSPS) is 15.2. The van der Waals surface area contributed by atoms with Crippen molar-refractivity contribution in [1.29, 1.82) is 0 Å². The molecule has 1 aliphatic heterocycles. The molecule has 0 spiro atoms. The van der Waals surface area contributed by atoms with Crippen molar-refractivity contribution < 1.29 is 23.8 Å². The Morgan fingerprint density at radius 3 is 2.51 bits per heavy atom. The van der Waals surface area contributed by atoms with E-state index in [1.165, 1.54) is 0 Å². The Labute approximate surface area is 289 Å². The number of nitrogens with zero attached hydrogens (tertiary/aromatic N) is 4. The quantitative estimate of drug-likeness (QED) is 0.159. The molecule has 11 heteroatoms. The van der Waals surface area contributed by atoms with Gasteiger partial charge in [-0.05, 0) is 120 Å². The number of carbonyl (C=O) groups excluding carboxylic acids is 2. The number of carbonyl (C=O) groups is 2. The van der Waals surface area contributed by atoms with Crippen LogP contribution in [0, 0.1) is 6.92 Å². The molecule has 2 aromatic heterocycles. The summed E-state index contributed by atoms with van der Waals surface area (Å²) in [6.07, 6.45) is 6.98. The highest BCUT2D eigenvalue weighted by molar-refractivity contribution is 6.03. The van der Waals surface area contributed by atoms with E-state index < -0.39 is 11.7 Å². The third-order valence-corrected chi connectivity index (χ3v) is 7.86. The summed E-state index contributed by atoms with van der Waals surface area (Å²) in [5, 5.41) is 6.10. The van der Waals surface area contributed by atoms with Crippen molar-refractivity contribution in [2.45, 2.75) is 78.7 Å². The first kappa shape index (κ1) is 35.6. The molecule has 1 aliphatic rings. The molecule has 1 fully saturated rings. The predicted molar refractivity (Wildman–Crippen MR) is 190 cm³/mol. The van der Waals surface area contributed by atoms with Crippen molar-refractivity contribution in [3.05, 3.63) is 90.3 Å². The van der Waals surface area contributed by atoms with Crippen LogP contribution in [-0.4, -0.2) is 75.5 Å². The van der Waals surface area contributed by atoms with Gasteiger partial charge in [-0.2, -0.15) is 0 Å². The Morgan fingerprint density at radius 2 is 1.80 bits per heavy atom. The number of likely N-dealkylation sites (tertiary alicyclic amines) is 1. The summed E-state index contributed by atoms with van der Waals surface area (Å²) in [7, 11) is 0. The fourth-order valence-corrected chi connectivity index (χ4v) is 5.71. The summed E-state index contributed by atoms with van der Waals surface area (Å²) >= 11 is 0. The number of ether oxygens (including phenoxy) is 3. The van der Waals surface area contributed by atoms with E-state index in [4.69, 9.17) is 14.2 Å². The molecule has 5 rings (SSSR count). The van der Waals surface area contributed by atoms with Crippen LogP contribution in [-0.2, 0) is 16.0 Å². The van der Waals surface area contributed by atoms with Gasteiger partial charge in [-0.25, -0.2) is 9.78 Å². The van der Waals surface area contributed by atoms with Crippen LogP contribution in [0.15, 0.2) is 73.3 Å². The van der Waals surface area contributed by atoms with Crippen LogP contribution >= 0.6 is 0 Å². The summed E-state index contributed by atoms with van der Waals surface area (Å²) in [6.45, 7) is 14.8. The minimum Gasteiger partial charge on any atom is -0.491 e. The van der Waals surface area contributed by atoms with Crippen molar-refractivity contribution >= 4 is 17.7 Å². The highest BCUT2D eigenvalue weighted by Crippen LogP contribution is 2.25. The van der Waals surface area contributed by atoms with E-state index in [2.05, 4.69) is 31.6 Å². The number of hydrogen-bond acceptors (Lipinski definition) is 8. The highest BCUT2D eigenvalue weighted by atomic mass is 16.6. The van der Waals surface area contributed by atoms with E-state index >= 15 is 0 Å². The van der Waals surface area contributed by atoms with E-state index in [1.807, 2.05) is 94.8 Å². The molecule has 0 aliphatic carbocycles. The van der Waals surface area contributed by atoms with E-state index in [9.17, 15) is 9.59 Å². The number of hydrogen-bond donors (Lipinski definition) is 2. The number of rotatable bonds is 12. The van der Waals surface area contributed by atoms with Crippen LogP contribution in [0.25, 0.3) is 16.8 Å². The second-order valence-corrected chi connectivity index (χ2v) is 13.7. The number of amides is 2. The summed E-state index contributed by atoms with van der Waals surface area (Å²) in [4.78, 5) is 37.1. The largest absolute Gasteiger partial charge is 0.491 e. The SMILES string of the molecule is Cc1cn(-c2cc(CN3CCC[C@H](NC(=O)OC(C)(C)C)C3)cc(NC(=O)c3cc(-c4ccc(OCCOC(C)C)cc4)ccn3)c2)cn1. The Kier molecular flexibility index (Phi) is 11.7. The fourth-order valence-electron chi connectivity index (χ4n) is 5.71. The number of piperidine rings is 1. The third kappa shape index (κ3) is 10.9. The van der Waals surface area contributed by atoms with Gasteiger partial charge in [0.15, 0.2) is 0 Å². The molecule has 0 saturated carbocycles. The van der Waals surface area contributed by atoms with E-state index in [0.29, 0.717) is 37.7 Å². The van der Waals surface area contributed by atoms with Gasteiger partial charge < -0.3 is 29.4 Å². The minimum absolute atomic E-state index is 0.00588. The van der Waals surface area contributed by atoms with Crippen molar-refractivity contribution in [1.82, 2.24) is 24.8 Å². The average molecular weight is 669 g/mol. The summed E-state index contributed by atoms with van der Waals surface area (Å²) in [5.41, 5.74) is 5.03. The number of benzene rings is 2. The van der Waals surface area contributed by atoms with Gasteiger partial charge in [-0.1, -0.05) is 12.1 Å². The van der Waals surface area contributed by atoms with Crippen LogP contribution < -0.4 is 15.4 Å². The highest BCUT2D eigenvalue weighted by Gasteiger charge is 2.24. The van der Waals surface area contributed by atoms with Crippen LogP contribution in [0.4, 0.5) is 10.5 Å². The second-order valence-electron chi connectivity index (χ2n) is 13.7. The van der Waals surface area contributed by atoms with E-state index in [1.54, 1.807) is 18.6 Å². The van der Waals surface area contributed by atoms with Crippen molar-refractivity contribution in [3.8, 4) is 22.6 Å². The molecule has 3 heterocycles. The minimum atomic E-state index is -0.549. The van der Waals surface area contributed by atoms with Gasteiger partial charge in [0.1, 0.15) is 23.7 Å². The first-order valence-electron chi connectivity index (χ1n) is 16.9. The number of anilines is 1. The van der Waals surface area contributed by atoms with Gasteiger partial charge in [0, 0.05) is 42.9 Å². The average Bonchev–Trinajstić information content (AvgIpc) is 3.49. The molecule has 0 bridgehead atoms. The number of nitrogens with one attached hydrogen (secondary N) is 2. The first-order valence-corrected chi connectivity index (χ1v) is 16.9. The Hall–Kier alpha value is -4.74. The molecule has 2 aromatic carbocycles. The molecule has 1 saturated heterocycles. The zero-order valence-electron chi connectivity index (χ0n) is 29.4. The lowest BCUT2D eigenvalue weighted by atomic mass is 10.0. The molecule has 2 amide bonds. The van der Waals surface area contributed by atoms with Gasteiger partial charge in [-0.15, -0.1) is 0 Å².